The summed E-state index contributed by atoms with van der Waals surface area (Å²) in [5.41, 5.74) is 2.20. The molecule has 0 aliphatic carbocycles. The van der Waals surface area contributed by atoms with Crippen molar-refractivity contribution in [3.8, 4) is 11.5 Å². The van der Waals surface area contributed by atoms with E-state index in [-0.39, 0.29) is 5.69 Å². The van der Waals surface area contributed by atoms with Gasteiger partial charge in [-0.05, 0) is 68.8 Å². The van der Waals surface area contributed by atoms with Crippen molar-refractivity contribution in [2.24, 2.45) is 0 Å². The van der Waals surface area contributed by atoms with E-state index in [4.69, 9.17) is 9.47 Å². The predicted octanol–water partition coefficient (Wildman–Crippen LogP) is 8.17. The van der Waals surface area contributed by atoms with Crippen LogP contribution in [0, 0.1) is 6.92 Å². The van der Waals surface area contributed by atoms with Crippen LogP contribution in [0.5, 0.6) is 11.5 Å². The average molecular weight is 545 g/mol. The molecule has 1 unspecified atom stereocenters. The number of hydrogen-bond donors (Lipinski definition) is 1. The van der Waals surface area contributed by atoms with Crippen molar-refractivity contribution in [2.75, 3.05) is 23.3 Å². The molecule has 0 fully saturated rings. The Balaban J connectivity index is 1.56. The van der Waals surface area contributed by atoms with Crippen LogP contribution in [0.4, 0.5) is 30.2 Å². The number of benzene rings is 4. The Bertz CT molecular complexity index is 1650. The molecule has 0 radical (unpaired) electrons. The molecule has 40 heavy (non-hydrogen) atoms. The summed E-state index contributed by atoms with van der Waals surface area (Å²) in [5, 5.41) is 2.98. The van der Waals surface area contributed by atoms with E-state index < -0.39 is 23.3 Å². The zero-order valence-corrected chi connectivity index (χ0v) is 22.2. The Morgan fingerprint density at radius 2 is 1.52 bits per heavy atom. The molecule has 4 aromatic carbocycles. The van der Waals surface area contributed by atoms with E-state index in [9.17, 15) is 18.0 Å². The largest absolute Gasteiger partial charge is 0.456 e. The third kappa shape index (κ3) is 3.89. The maximum Gasteiger partial charge on any atom is 0.418 e. The molecule has 4 aromatic rings. The maximum atomic E-state index is 13.8. The highest BCUT2D eigenvalue weighted by atomic mass is 19.4. The van der Waals surface area contributed by atoms with Gasteiger partial charge in [-0.3, -0.25) is 0 Å². The first-order chi connectivity index (χ1) is 19.2. The van der Waals surface area contributed by atoms with Gasteiger partial charge in [0.2, 0.25) is 0 Å². The number of esters is 1. The summed E-state index contributed by atoms with van der Waals surface area (Å²) < 4.78 is 54.0. The number of anilines is 3. The Kier molecular flexibility index (Phi) is 6.02. The number of carbonyl (C=O) groups is 1. The van der Waals surface area contributed by atoms with Gasteiger partial charge in [-0.15, -0.1) is 0 Å². The van der Waals surface area contributed by atoms with Crippen LogP contribution in [0.3, 0.4) is 0 Å². The zero-order chi connectivity index (χ0) is 28.2. The molecule has 204 valence electrons. The van der Waals surface area contributed by atoms with Crippen molar-refractivity contribution in [3.63, 3.8) is 0 Å². The van der Waals surface area contributed by atoms with Crippen LogP contribution in [-0.2, 0) is 16.5 Å². The molecule has 0 bridgehead atoms. The quantitative estimate of drug-likeness (QED) is 0.257. The Morgan fingerprint density at radius 3 is 2.27 bits per heavy atom. The Morgan fingerprint density at radius 1 is 0.825 bits per heavy atom. The Hall–Kier alpha value is -4.46. The number of nitrogens with one attached hydrogen (secondary N) is 1. The zero-order valence-electron chi connectivity index (χ0n) is 22.2. The summed E-state index contributed by atoms with van der Waals surface area (Å²) in [5.74, 6) is 0.560. The first-order valence-electron chi connectivity index (χ1n) is 13.2. The first kappa shape index (κ1) is 25.8. The molecular formula is C32H27F3N2O3. The Labute approximate surface area is 230 Å². The number of aryl methyl sites for hydroxylation is 1. The number of rotatable bonds is 5. The smallest absolute Gasteiger partial charge is 0.418 e. The van der Waals surface area contributed by atoms with E-state index in [2.05, 4.69) is 24.1 Å². The van der Waals surface area contributed by atoms with E-state index in [0.717, 1.165) is 24.8 Å². The van der Waals surface area contributed by atoms with Gasteiger partial charge in [0.15, 0.2) is 5.60 Å². The van der Waals surface area contributed by atoms with Crippen LogP contribution < -0.4 is 15.0 Å². The molecule has 1 spiro atoms. The van der Waals surface area contributed by atoms with Gasteiger partial charge in [0, 0.05) is 47.2 Å². The summed E-state index contributed by atoms with van der Waals surface area (Å²) in [6.07, 6.45) is -4.53. The highest BCUT2D eigenvalue weighted by molar-refractivity contribution is 5.97. The van der Waals surface area contributed by atoms with Gasteiger partial charge in [0.25, 0.3) is 0 Å². The normalized spacial score (nSPS) is 17.0. The number of alkyl halides is 3. The molecule has 2 aliphatic rings. The molecule has 0 saturated heterocycles. The fourth-order valence-electron chi connectivity index (χ4n) is 5.71. The molecule has 0 aromatic heterocycles. The minimum Gasteiger partial charge on any atom is -0.456 e. The molecule has 6 rings (SSSR count). The van der Waals surface area contributed by atoms with E-state index in [1.165, 1.54) is 12.1 Å². The van der Waals surface area contributed by atoms with Crippen LogP contribution in [0.1, 0.15) is 52.0 Å². The summed E-state index contributed by atoms with van der Waals surface area (Å²) in [4.78, 5) is 15.4. The van der Waals surface area contributed by atoms with Crippen LogP contribution in [0.25, 0.3) is 0 Å². The van der Waals surface area contributed by atoms with Gasteiger partial charge < -0.3 is 19.7 Å². The lowest BCUT2D eigenvalue weighted by molar-refractivity contribution is -0.136. The standard InChI is InChI=1S/C32H27F3N2O3/c1-4-37(5-2)20-14-15-24-29(17-20)39-28-16-19(3)27(36-26-13-9-8-12-23(26)32(33,34)35)18-25(28)31(24)22-11-7-6-10-21(22)30(38)40-31/h6-18,36H,4-5H2,1-3H3. The fraction of sp³-hybridized carbons (Fsp3) is 0.219. The molecule has 5 nitrogen and oxygen atoms in total. The van der Waals surface area contributed by atoms with Crippen molar-refractivity contribution in [2.45, 2.75) is 32.5 Å². The maximum absolute atomic E-state index is 13.8. The van der Waals surface area contributed by atoms with Crippen LogP contribution in [0.2, 0.25) is 0 Å². The topological polar surface area (TPSA) is 50.8 Å². The van der Waals surface area contributed by atoms with Crippen molar-refractivity contribution in [1.82, 2.24) is 0 Å². The molecule has 2 heterocycles. The third-order valence-corrected chi connectivity index (χ3v) is 7.67. The number of carbonyl (C=O) groups excluding carboxylic acids is 1. The van der Waals surface area contributed by atoms with E-state index in [1.54, 1.807) is 37.3 Å². The number of para-hydroxylation sites is 1. The van der Waals surface area contributed by atoms with Crippen molar-refractivity contribution in [1.29, 1.82) is 0 Å². The van der Waals surface area contributed by atoms with Crippen LogP contribution >= 0.6 is 0 Å². The van der Waals surface area contributed by atoms with Crippen molar-refractivity contribution in [3.05, 3.63) is 112 Å². The lowest BCUT2D eigenvalue weighted by Gasteiger charge is -2.37. The second-order valence-corrected chi connectivity index (χ2v) is 9.90. The minimum absolute atomic E-state index is 0.0723. The van der Waals surface area contributed by atoms with E-state index >= 15 is 0 Å². The lowest BCUT2D eigenvalue weighted by atomic mass is 9.77. The highest BCUT2D eigenvalue weighted by Crippen LogP contribution is 2.57. The molecule has 0 saturated carbocycles. The summed E-state index contributed by atoms with van der Waals surface area (Å²) in [7, 11) is 0. The summed E-state index contributed by atoms with van der Waals surface area (Å²) >= 11 is 0. The van der Waals surface area contributed by atoms with Gasteiger partial charge in [0.05, 0.1) is 16.8 Å². The van der Waals surface area contributed by atoms with Crippen LogP contribution in [0.15, 0.2) is 78.9 Å². The van der Waals surface area contributed by atoms with Gasteiger partial charge in [-0.25, -0.2) is 4.79 Å². The molecule has 1 atom stereocenters. The van der Waals surface area contributed by atoms with Gasteiger partial charge in [0.1, 0.15) is 11.5 Å². The lowest BCUT2D eigenvalue weighted by Crippen LogP contribution is -2.33. The van der Waals surface area contributed by atoms with E-state index in [1.807, 2.05) is 30.3 Å². The monoisotopic (exact) mass is 544 g/mol. The minimum atomic E-state index is -4.53. The first-order valence-corrected chi connectivity index (χ1v) is 13.2. The number of nitrogens with zero attached hydrogens (tertiary/aromatic N) is 1. The summed E-state index contributed by atoms with van der Waals surface area (Å²) in [6.45, 7) is 7.56. The molecule has 1 N–H and O–H groups in total. The number of halogens is 3. The molecular weight excluding hydrogens is 517 g/mol. The van der Waals surface area contributed by atoms with Gasteiger partial charge in [-0.1, -0.05) is 30.3 Å². The predicted molar refractivity (Wildman–Crippen MR) is 148 cm³/mol. The van der Waals surface area contributed by atoms with Crippen molar-refractivity contribution >= 4 is 23.0 Å². The van der Waals surface area contributed by atoms with Crippen molar-refractivity contribution < 1.29 is 27.4 Å². The molecule has 2 aliphatic heterocycles. The second kappa shape index (κ2) is 9.33. The number of hydrogen-bond acceptors (Lipinski definition) is 5. The highest BCUT2D eigenvalue weighted by Gasteiger charge is 2.53. The molecule has 8 heteroatoms. The summed E-state index contributed by atoms with van der Waals surface area (Å²) in [6, 6.07) is 21.9. The fourth-order valence-corrected chi connectivity index (χ4v) is 5.71. The molecule has 0 amide bonds. The number of ether oxygens (including phenoxy) is 2. The van der Waals surface area contributed by atoms with Crippen LogP contribution in [-0.4, -0.2) is 19.1 Å². The van der Waals surface area contributed by atoms with Gasteiger partial charge >= 0.3 is 12.1 Å². The number of fused-ring (bicyclic) bond motifs is 6. The average Bonchev–Trinajstić information content (AvgIpc) is 3.23. The third-order valence-electron chi connectivity index (χ3n) is 7.67. The SMILES string of the molecule is CCN(CC)c1ccc2c(c1)Oc1cc(C)c(Nc3ccccc3C(F)(F)F)cc1C21OC(=O)c2ccccc21. The van der Waals surface area contributed by atoms with E-state index in [0.29, 0.717) is 45.0 Å². The van der Waals surface area contributed by atoms with Gasteiger partial charge in [-0.2, -0.15) is 13.2 Å². The second-order valence-electron chi connectivity index (χ2n) is 9.90.